The van der Waals surface area contributed by atoms with Crippen LogP contribution in [-0.2, 0) is 6.18 Å². The second-order valence-electron chi connectivity index (χ2n) is 6.35. The summed E-state index contributed by atoms with van der Waals surface area (Å²) >= 11 is 2.95. The van der Waals surface area contributed by atoms with Crippen LogP contribution in [0.25, 0.3) is 11.0 Å². The molecular weight excluding hydrogens is 425 g/mol. The van der Waals surface area contributed by atoms with Crippen LogP contribution >= 0.6 is 15.9 Å². The van der Waals surface area contributed by atoms with Gasteiger partial charge in [-0.1, -0.05) is 15.9 Å². The quantitative estimate of drug-likeness (QED) is 0.636. The van der Waals surface area contributed by atoms with Crippen molar-refractivity contribution in [2.45, 2.75) is 25.1 Å². The molecule has 0 unspecified atom stereocenters. The highest BCUT2D eigenvalue weighted by molar-refractivity contribution is 9.10. The number of piperidine rings is 1. The minimum atomic E-state index is -4.45. The highest BCUT2D eigenvalue weighted by Gasteiger charge is 2.33. The van der Waals surface area contributed by atoms with Crippen LogP contribution in [0.2, 0.25) is 0 Å². The number of halogens is 4. The molecule has 0 atom stereocenters. The lowest BCUT2D eigenvalue weighted by molar-refractivity contribution is -0.138. The third-order valence-corrected chi connectivity index (χ3v) is 5.27. The number of aromatic nitrogens is 4. The number of nitrogens with zero attached hydrogens (tertiary/aromatic N) is 4. The maximum atomic E-state index is 13.1. The van der Waals surface area contributed by atoms with Crippen molar-refractivity contribution in [1.29, 1.82) is 0 Å². The molecule has 10 heteroatoms. The lowest BCUT2D eigenvalue weighted by atomic mass is 10.1. The van der Waals surface area contributed by atoms with Crippen LogP contribution in [-0.4, -0.2) is 32.8 Å². The Hall–Kier alpha value is -2.20. The van der Waals surface area contributed by atoms with E-state index in [0.29, 0.717) is 22.5 Å². The molecule has 2 N–H and O–H groups in total. The monoisotopic (exact) mass is 440 g/mol. The predicted octanol–water partition coefficient (Wildman–Crippen LogP) is 4.28. The molecule has 0 aliphatic carbocycles. The number of benzene rings is 1. The van der Waals surface area contributed by atoms with E-state index in [2.05, 4.69) is 41.6 Å². The summed E-state index contributed by atoms with van der Waals surface area (Å²) in [7, 11) is 0. The van der Waals surface area contributed by atoms with Gasteiger partial charge in [0.1, 0.15) is 12.1 Å². The number of alkyl halides is 3. The Kier molecular flexibility index (Phi) is 4.77. The van der Waals surface area contributed by atoms with Crippen LogP contribution in [0.4, 0.5) is 24.7 Å². The van der Waals surface area contributed by atoms with Gasteiger partial charge in [-0.25, -0.2) is 14.6 Å². The van der Waals surface area contributed by atoms with Gasteiger partial charge in [-0.15, -0.1) is 0 Å². The summed E-state index contributed by atoms with van der Waals surface area (Å²) in [4.78, 5) is 8.53. The molecule has 142 valence electrons. The molecule has 0 bridgehead atoms. The number of hydrogen-bond donors (Lipinski definition) is 2. The number of fused-ring (bicyclic) bond motifs is 1. The van der Waals surface area contributed by atoms with Crippen LogP contribution < -0.4 is 10.6 Å². The fourth-order valence-corrected chi connectivity index (χ4v) is 3.71. The topological polar surface area (TPSA) is 67.7 Å². The minimum Gasteiger partial charge on any atom is -0.340 e. The predicted molar refractivity (Wildman–Crippen MR) is 98.9 cm³/mol. The van der Waals surface area contributed by atoms with Crippen LogP contribution in [0, 0.1) is 0 Å². The lowest BCUT2D eigenvalue weighted by Gasteiger charge is -2.23. The second kappa shape index (κ2) is 7.08. The molecule has 3 aromatic rings. The first-order valence-corrected chi connectivity index (χ1v) is 9.25. The van der Waals surface area contributed by atoms with Crippen LogP contribution in [0.5, 0.6) is 0 Å². The Bertz CT molecular complexity index is 965. The molecule has 3 heterocycles. The Morgan fingerprint density at radius 1 is 1.19 bits per heavy atom. The van der Waals surface area contributed by atoms with Gasteiger partial charge in [-0.05, 0) is 44.1 Å². The van der Waals surface area contributed by atoms with Crippen molar-refractivity contribution >= 4 is 38.5 Å². The van der Waals surface area contributed by atoms with Crippen molar-refractivity contribution in [2.75, 3.05) is 18.4 Å². The molecular formula is C17H16BrF3N6. The SMILES string of the molecule is FC(F)(F)c1cc(Nc2ncnc3c2cnn3C2CCNCC2)ccc1Br. The van der Waals surface area contributed by atoms with Crippen LogP contribution in [0.1, 0.15) is 24.4 Å². The van der Waals surface area contributed by atoms with Gasteiger partial charge in [0.05, 0.1) is 23.2 Å². The summed E-state index contributed by atoms with van der Waals surface area (Å²) < 4.78 is 41.3. The van der Waals surface area contributed by atoms with Gasteiger partial charge in [-0.3, -0.25) is 0 Å². The molecule has 1 saturated heterocycles. The number of nitrogens with one attached hydrogen (secondary N) is 2. The third kappa shape index (κ3) is 3.63. The summed E-state index contributed by atoms with van der Waals surface area (Å²) in [5, 5.41) is 11.4. The Morgan fingerprint density at radius 2 is 1.96 bits per heavy atom. The highest BCUT2D eigenvalue weighted by atomic mass is 79.9. The molecule has 0 spiro atoms. The zero-order valence-corrected chi connectivity index (χ0v) is 15.7. The van der Waals surface area contributed by atoms with E-state index in [0.717, 1.165) is 32.0 Å². The zero-order chi connectivity index (χ0) is 19.0. The van der Waals surface area contributed by atoms with Crippen molar-refractivity contribution < 1.29 is 13.2 Å². The van der Waals surface area contributed by atoms with E-state index in [4.69, 9.17) is 0 Å². The molecule has 1 aliphatic rings. The van der Waals surface area contributed by atoms with Crippen molar-refractivity contribution in [3.8, 4) is 0 Å². The maximum Gasteiger partial charge on any atom is 0.417 e. The van der Waals surface area contributed by atoms with Crippen LogP contribution in [0.3, 0.4) is 0 Å². The summed E-state index contributed by atoms with van der Waals surface area (Å²) in [6.45, 7) is 1.84. The first-order valence-electron chi connectivity index (χ1n) is 8.46. The van der Waals surface area contributed by atoms with Gasteiger partial charge in [-0.2, -0.15) is 18.3 Å². The van der Waals surface area contributed by atoms with E-state index in [1.807, 2.05) is 4.68 Å². The first kappa shape index (κ1) is 18.2. The second-order valence-corrected chi connectivity index (χ2v) is 7.20. The Labute approximate surface area is 161 Å². The molecule has 1 fully saturated rings. The zero-order valence-electron chi connectivity index (χ0n) is 14.1. The summed E-state index contributed by atoms with van der Waals surface area (Å²) in [5.74, 6) is 0.427. The van der Waals surface area contributed by atoms with E-state index in [9.17, 15) is 13.2 Å². The van der Waals surface area contributed by atoms with E-state index in [-0.39, 0.29) is 10.5 Å². The standard InChI is InChI=1S/C17H16BrF3N6/c18-14-2-1-10(7-13(14)17(19,20)21)26-15-12-8-25-27(16(12)24-9-23-15)11-3-5-22-6-4-11/h1-2,7-9,11,22H,3-6H2,(H,23,24,26). The molecule has 0 radical (unpaired) electrons. The average Bonchev–Trinajstić information content (AvgIpc) is 3.08. The highest BCUT2D eigenvalue weighted by Crippen LogP contribution is 2.37. The summed E-state index contributed by atoms with van der Waals surface area (Å²) in [6.07, 6.45) is 0.504. The maximum absolute atomic E-state index is 13.1. The molecule has 27 heavy (non-hydrogen) atoms. The van der Waals surface area contributed by atoms with E-state index in [1.54, 1.807) is 12.3 Å². The van der Waals surface area contributed by atoms with Crippen molar-refractivity contribution in [3.05, 3.63) is 40.8 Å². The number of anilines is 2. The van der Waals surface area contributed by atoms with E-state index >= 15 is 0 Å². The number of hydrogen-bond acceptors (Lipinski definition) is 5. The molecule has 1 aliphatic heterocycles. The third-order valence-electron chi connectivity index (χ3n) is 4.58. The molecule has 1 aromatic carbocycles. The van der Waals surface area contributed by atoms with Gasteiger partial charge in [0.2, 0.25) is 0 Å². The van der Waals surface area contributed by atoms with Gasteiger partial charge < -0.3 is 10.6 Å². The molecule has 4 rings (SSSR count). The van der Waals surface area contributed by atoms with E-state index < -0.39 is 11.7 Å². The van der Waals surface area contributed by atoms with Crippen molar-refractivity contribution in [2.24, 2.45) is 0 Å². The summed E-state index contributed by atoms with van der Waals surface area (Å²) in [5.41, 5.74) is 0.218. The van der Waals surface area contributed by atoms with Crippen molar-refractivity contribution in [3.63, 3.8) is 0 Å². The van der Waals surface area contributed by atoms with Crippen LogP contribution in [0.15, 0.2) is 35.2 Å². The first-order chi connectivity index (χ1) is 12.9. The average molecular weight is 441 g/mol. The van der Waals surface area contributed by atoms with Gasteiger partial charge in [0.15, 0.2) is 5.65 Å². The van der Waals surface area contributed by atoms with Gasteiger partial charge in [0, 0.05) is 10.2 Å². The largest absolute Gasteiger partial charge is 0.417 e. The van der Waals surface area contributed by atoms with E-state index in [1.165, 1.54) is 12.4 Å². The fraction of sp³-hybridized carbons (Fsp3) is 0.353. The molecule has 0 saturated carbocycles. The lowest BCUT2D eigenvalue weighted by Crippen LogP contribution is -2.29. The smallest absolute Gasteiger partial charge is 0.340 e. The Balaban J connectivity index is 1.68. The summed E-state index contributed by atoms with van der Waals surface area (Å²) in [6, 6.07) is 4.22. The molecule has 6 nitrogen and oxygen atoms in total. The molecule has 2 aromatic heterocycles. The Morgan fingerprint density at radius 3 is 2.70 bits per heavy atom. The minimum absolute atomic E-state index is 0.00730. The van der Waals surface area contributed by atoms with Crippen molar-refractivity contribution in [1.82, 2.24) is 25.1 Å². The fourth-order valence-electron chi connectivity index (χ4n) is 3.24. The number of rotatable bonds is 3. The van der Waals surface area contributed by atoms with Gasteiger partial charge in [0.25, 0.3) is 0 Å². The molecule has 0 amide bonds. The normalized spacial score (nSPS) is 16.0. The van der Waals surface area contributed by atoms with Gasteiger partial charge >= 0.3 is 6.18 Å².